The van der Waals surface area contributed by atoms with Crippen molar-refractivity contribution in [3.8, 4) is 11.5 Å². The maximum absolute atomic E-state index is 14.2. The first-order chi connectivity index (χ1) is 30.9. The molecule has 0 radical (unpaired) electrons. The summed E-state index contributed by atoms with van der Waals surface area (Å²) in [4.78, 5) is 29.3. The Hall–Kier alpha value is -6.34. The summed E-state index contributed by atoms with van der Waals surface area (Å²) in [6, 6.07) is 54.9. The topological polar surface area (TPSA) is 122 Å². The van der Waals surface area contributed by atoms with Crippen molar-refractivity contribution in [1.29, 1.82) is 0 Å². The number of carbonyl (C=O) groups is 2. The average molecular weight is 874 g/mol. The van der Waals surface area contributed by atoms with Crippen molar-refractivity contribution in [3.63, 3.8) is 0 Å². The average Bonchev–Trinajstić information content (AvgIpc) is 3.73. The van der Waals surface area contributed by atoms with E-state index in [0.29, 0.717) is 23.5 Å². The number of Topliss-reactive ketones (excluding diaryl/α,β-unsaturated/α-hetero) is 1. The third kappa shape index (κ3) is 8.40. The SMILES string of the molecule is COc1ccc(C(OC[C@H]2O[C@@H](N3C=CC(N)(C(=O)c4ccccc4)NC3=O)C[C@@H]2O[Si](c2ccccc2)(c2ccccc2)C(C)(C)C)(c2ccccc2)c2ccc(OC)cc2)cc1. The molecule has 6 aromatic rings. The second-order valence-electron chi connectivity index (χ2n) is 17.2. The monoisotopic (exact) mass is 873 g/mol. The zero-order chi connectivity index (χ0) is 45.0. The van der Waals surface area contributed by atoms with Crippen LogP contribution in [0.2, 0.25) is 5.04 Å². The molecule has 328 valence electrons. The number of rotatable bonds is 15. The van der Waals surface area contributed by atoms with E-state index in [2.05, 4.69) is 86.8 Å². The Labute approximate surface area is 376 Å². The van der Waals surface area contributed by atoms with E-state index in [-0.39, 0.29) is 11.6 Å². The normalized spacial score (nSPS) is 20.1. The lowest BCUT2D eigenvalue weighted by Crippen LogP contribution is -2.68. The number of carbonyl (C=O) groups excluding carboxylic acids is 2. The molecular formula is C53H55N3O7Si. The van der Waals surface area contributed by atoms with Gasteiger partial charge < -0.3 is 28.7 Å². The van der Waals surface area contributed by atoms with Crippen LogP contribution in [0.3, 0.4) is 0 Å². The number of amides is 2. The number of ketones is 1. The first-order valence-electron chi connectivity index (χ1n) is 21.5. The van der Waals surface area contributed by atoms with Gasteiger partial charge in [0.05, 0.1) is 26.9 Å². The third-order valence-electron chi connectivity index (χ3n) is 12.3. The highest BCUT2D eigenvalue weighted by atomic mass is 28.4. The van der Waals surface area contributed by atoms with Gasteiger partial charge in [-0.25, -0.2) is 4.79 Å². The van der Waals surface area contributed by atoms with Gasteiger partial charge in [-0.15, -0.1) is 0 Å². The van der Waals surface area contributed by atoms with E-state index in [1.165, 1.54) is 11.0 Å². The lowest BCUT2D eigenvalue weighted by atomic mass is 9.80. The molecule has 0 bridgehead atoms. The number of hydrogen-bond acceptors (Lipinski definition) is 8. The summed E-state index contributed by atoms with van der Waals surface area (Å²) in [5.41, 5.74) is 6.71. The second kappa shape index (κ2) is 18.4. The summed E-state index contributed by atoms with van der Waals surface area (Å²) >= 11 is 0. The first-order valence-corrected chi connectivity index (χ1v) is 23.4. The Kier molecular flexibility index (Phi) is 12.7. The molecule has 8 rings (SSSR count). The molecule has 1 fully saturated rings. The van der Waals surface area contributed by atoms with Gasteiger partial charge >= 0.3 is 6.03 Å². The number of nitrogens with zero attached hydrogens (tertiary/aromatic N) is 1. The zero-order valence-electron chi connectivity index (χ0n) is 36.8. The molecule has 0 saturated carbocycles. The Bertz CT molecular complexity index is 2450. The number of urea groups is 1. The van der Waals surface area contributed by atoms with Crippen molar-refractivity contribution >= 4 is 30.5 Å². The Morgan fingerprint density at radius 3 is 1.66 bits per heavy atom. The first kappa shape index (κ1) is 44.3. The molecule has 10 nitrogen and oxygen atoms in total. The highest BCUT2D eigenvalue weighted by molar-refractivity contribution is 6.99. The van der Waals surface area contributed by atoms with Crippen LogP contribution in [0.5, 0.6) is 11.5 Å². The van der Waals surface area contributed by atoms with E-state index >= 15 is 0 Å². The van der Waals surface area contributed by atoms with Crippen molar-refractivity contribution in [2.75, 3.05) is 20.8 Å². The fraction of sp³-hybridized carbons (Fsp3) is 0.245. The fourth-order valence-electron chi connectivity index (χ4n) is 9.08. The van der Waals surface area contributed by atoms with Crippen molar-refractivity contribution in [3.05, 3.63) is 204 Å². The van der Waals surface area contributed by atoms with Gasteiger partial charge in [0.2, 0.25) is 5.78 Å². The summed E-state index contributed by atoms with van der Waals surface area (Å²) in [6.07, 6.45) is 1.29. The van der Waals surface area contributed by atoms with Crippen molar-refractivity contribution in [2.24, 2.45) is 5.73 Å². The van der Waals surface area contributed by atoms with Crippen LogP contribution >= 0.6 is 0 Å². The minimum Gasteiger partial charge on any atom is -0.497 e. The molecule has 2 heterocycles. The van der Waals surface area contributed by atoms with E-state index in [4.69, 9.17) is 29.1 Å². The second-order valence-corrected chi connectivity index (χ2v) is 21.5. The summed E-state index contributed by atoms with van der Waals surface area (Å²) in [6.45, 7) is 6.75. The summed E-state index contributed by atoms with van der Waals surface area (Å²) < 4.78 is 33.5. The zero-order valence-corrected chi connectivity index (χ0v) is 37.8. The maximum Gasteiger partial charge on any atom is 0.325 e. The van der Waals surface area contributed by atoms with Crippen molar-refractivity contribution in [1.82, 2.24) is 10.2 Å². The molecule has 2 amide bonds. The van der Waals surface area contributed by atoms with Crippen LogP contribution in [0.1, 0.15) is 54.2 Å². The van der Waals surface area contributed by atoms with Crippen LogP contribution in [0.4, 0.5) is 4.79 Å². The Morgan fingerprint density at radius 1 is 0.719 bits per heavy atom. The van der Waals surface area contributed by atoms with E-state index in [1.807, 2.05) is 84.9 Å². The molecule has 1 saturated heterocycles. The number of nitrogens with one attached hydrogen (secondary N) is 1. The van der Waals surface area contributed by atoms with Crippen molar-refractivity contribution < 1.29 is 33.0 Å². The highest BCUT2D eigenvalue weighted by Gasteiger charge is 2.55. The molecule has 64 heavy (non-hydrogen) atoms. The van der Waals surface area contributed by atoms with E-state index in [0.717, 1.165) is 27.1 Å². The summed E-state index contributed by atoms with van der Waals surface area (Å²) in [5, 5.41) is 4.63. The van der Waals surface area contributed by atoms with Gasteiger partial charge in [-0.3, -0.25) is 15.4 Å². The molecule has 2 aliphatic rings. The molecule has 0 aromatic heterocycles. The fourth-order valence-corrected chi connectivity index (χ4v) is 13.8. The lowest BCUT2D eigenvalue weighted by Gasteiger charge is -2.45. The molecule has 0 aliphatic carbocycles. The predicted octanol–water partition coefficient (Wildman–Crippen LogP) is 8.15. The molecule has 0 spiro atoms. The lowest BCUT2D eigenvalue weighted by molar-refractivity contribution is -0.0960. The van der Waals surface area contributed by atoms with Gasteiger partial charge in [-0.05, 0) is 62.4 Å². The van der Waals surface area contributed by atoms with Gasteiger partial charge in [0.1, 0.15) is 29.4 Å². The van der Waals surface area contributed by atoms with Crippen LogP contribution in [-0.2, 0) is 19.5 Å². The molecule has 4 atom stereocenters. The number of nitrogens with two attached hydrogens (primary N) is 1. The van der Waals surface area contributed by atoms with E-state index in [1.54, 1.807) is 44.7 Å². The largest absolute Gasteiger partial charge is 0.497 e. The third-order valence-corrected chi connectivity index (χ3v) is 17.4. The van der Waals surface area contributed by atoms with Gasteiger partial charge in [0.15, 0.2) is 5.66 Å². The molecular weight excluding hydrogens is 819 g/mol. The van der Waals surface area contributed by atoms with Crippen molar-refractivity contribution in [2.45, 2.75) is 61.9 Å². The van der Waals surface area contributed by atoms with Gasteiger partial charge in [0, 0.05) is 18.2 Å². The Morgan fingerprint density at radius 2 is 1.19 bits per heavy atom. The predicted molar refractivity (Wildman–Crippen MR) is 251 cm³/mol. The number of methoxy groups -OCH3 is 2. The van der Waals surface area contributed by atoms with E-state index in [9.17, 15) is 9.59 Å². The minimum atomic E-state index is -3.18. The maximum atomic E-state index is 14.2. The summed E-state index contributed by atoms with van der Waals surface area (Å²) in [5.74, 6) is 0.986. The Balaban J connectivity index is 1.23. The molecule has 11 heteroatoms. The van der Waals surface area contributed by atoms with Crippen LogP contribution in [0, 0.1) is 0 Å². The standard InChI is InChI=1S/C53H55N3O7Si/c1-51(2,3)64(44-22-14-8-15-23-44,45-24-16-9-17-25-45)63-46-36-48(56-35-34-52(54,55-50(56)58)49(57)38-18-10-6-11-19-38)62-47(46)37-61-53(39-20-12-7-13-21-39,40-26-30-42(59-4)31-27-40)41-28-32-43(60-5)33-29-41/h6-35,46-48H,36-37,54H2,1-5H3,(H,55,58)/t46-,47+,48+,52?/m0/s1. The minimum absolute atomic E-state index is 0.0544. The molecule has 3 N–H and O–H groups in total. The number of hydrogen-bond donors (Lipinski definition) is 2. The summed E-state index contributed by atoms with van der Waals surface area (Å²) in [7, 11) is 0.109. The number of ether oxygens (including phenoxy) is 4. The molecule has 1 unspecified atom stereocenters. The van der Waals surface area contributed by atoms with Crippen LogP contribution in [-0.4, -0.2) is 70.0 Å². The molecule has 2 aliphatic heterocycles. The molecule has 6 aromatic carbocycles. The van der Waals surface area contributed by atoms with Gasteiger partial charge in [-0.2, -0.15) is 0 Å². The van der Waals surface area contributed by atoms with Crippen LogP contribution in [0.15, 0.2) is 182 Å². The van der Waals surface area contributed by atoms with Gasteiger partial charge in [-0.1, -0.05) is 166 Å². The highest BCUT2D eigenvalue weighted by Crippen LogP contribution is 2.44. The van der Waals surface area contributed by atoms with Crippen LogP contribution < -0.4 is 30.9 Å². The number of benzene rings is 6. The van der Waals surface area contributed by atoms with Crippen LogP contribution in [0.25, 0.3) is 0 Å². The smallest absolute Gasteiger partial charge is 0.325 e. The quantitative estimate of drug-likeness (QED) is 0.0603. The van der Waals surface area contributed by atoms with E-state index < -0.39 is 49.8 Å². The van der Waals surface area contributed by atoms with Gasteiger partial charge in [0.25, 0.3) is 8.32 Å².